The van der Waals surface area contributed by atoms with E-state index in [4.69, 9.17) is 4.74 Å². The molecule has 0 saturated carbocycles. The first-order chi connectivity index (χ1) is 9.20. The lowest BCUT2D eigenvalue weighted by molar-refractivity contribution is -0.137. The predicted molar refractivity (Wildman–Crippen MR) is 79.0 cm³/mol. The lowest BCUT2D eigenvalue weighted by atomic mass is 10.0. The van der Waals surface area contributed by atoms with Crippen molar-refractivity contribution in [1.82, 2.24) is 0 Å². The van der Waals surface area contributed by atoms with E-state index in [-0.39, 0.29) is 12.1 Å². The van der Waals surface area contributed by atoms with Gasteiger partial charge in [-0.05, 0) is 19.3 Å². The van der Waals surface area contributed by atoms with E-state index >= 15 is 0 Å². The quantitative estimate of drug-likeness (QED) is 0.312. The van der Waals surface area contributed by atoms with Gasteiger partial charge in [0, 0.05) is 6.08 Å². The van der Waals surface area contributed by atoms with E-state index in [0.29, 0.717) is 6.61 Å². The molecule has 0 aromatic heterocycles. The first-order valence-electron chi connectivity index (χ1n) is 7.68. The Kier molecular flexibility index (Phi) is 13.0. The van der Waals surface area contributed by atoms with Gasteiger partial charge in [-0.2, -0.15) is 0 Å². The molecule has 0 radical (unpaired) electrons. The van der Waals surface area contributed by atoms with Gasteiger partial charge in [0.25, 0.3) is 0 Å². The number of hydrogen-bond acceptors (Lipinski definition) is 3. The molecule has 1 atom stereocenters. The summed E-state index contributed by atoms with van der Waals surface area (Å²) < 4.78 is 4.90. The number of aliphatic hydroxyl groups is 1. The summed E-state index contributed by atoms with van der Waals surface area (Å²) in [5.41, 5.74) is 0. The van der Waals surface area contributed by atoms with Gasteiger partial charge in [0.2, 0.25) is 0 Å². The molecule has 0 aliphatic rings. The highest BCUT2D eigenvalue weighted by Gasteiger charge is 1.99. The number of esters is 1. The summed E-state index contributed by atoms with van der Waals surface area (Å²) in [4.78, 5) is 10.8. The molecule has 3 heteroatoms. The van der Waals surface area contributed by atoms with E-state index in [0.717, 1.165) is 32.1 Å². The fourth-order valence-corrected chi connectivity index (χ4v) is 1.98. The second-order valence-electron chi connectivity index (χ2n) is 5.05. The number of ether oxygens (including phenoxy) is 1. The van der Waals surface area contributed by atoms with Gasteiger partial charge in [-0.25, -0.2) is 4.79 Å². The van der Waals surface area contributed by atoms with Crippen molar-refractivity contribution in [1.29, 1.82) is 0 Å². The van der Waals surface area contributed by atoms with Crippen LogP contribution in [0.25, 0.3) is 0 Å². The summed E-state index contributed by atoms with van der Waals surface area (Å²) in [7, 11) is 0. The Hall–Kier alpha value is -0.830. The Balaban J connectivity index is 3.07. The monoisotopic (exact) mass is 270 g/mol. The summed E-state index contributed by atoms with van der Waals surface area (Å²) in [6.45, 7) is 5.89. The molecule has 1 unspecified atom stereocenters. The molecule has 0 bridgehead atoms. The first-order valence-corrected chi connectivity index (χ1v) is 7.68. The Morgan fingerprint density at radius 1 is 1.11 bits per heavy atom. The largest absolute Gasteiger partial charge is 0.463 e. The van der Waals surface area contributed by atoms with Crippen LogP contribution >= 0.6 is 0 Å². The van der Waals surface area contributed by atoms with E-state index in [9.17, 15) is 9.90 Å². The summed E-state index contributed by atoms with van der Waals surface area (Å²) in [6.07, 6.45) is 12.4. The van der Waals surface area contributed by atoms with Crippen LogP contribution in [0.5, 0.6) is 0 Å². The van der Waals surface area contributed by atoms with Crippen LogP contribution in [-0.4, -0.2) is 23.8 Å². The maximum absolute atomic E-state index is 10.8. The second-order valence-corrected chi connectivity index (χ2v) is 5.05. The fraction of sp³-hybridized carbons (Fsp3) is 0.812. The van der Waals surface area contributed by atoms with Gasteiger partial charge in [-0.3, -0.25) is 0 Å². The van der Waals surface area contributed by atoms with Crippen molar-refractivity contribution in [2.75, 3.05) is 6.61 Å². The summed E-state index contributed by atoms with van der Waals surface area (Å²) in [6, 6.07) is 0. The standard InChI is InChI=1S/C16H30O3/c1-3-15(17)13-11-9-7-5-6-8-10-12-14-19-16(18)4-2/h4,15,17H,2-3,5-14H2,1H3. The first kappa shape index (κ1) is 18.2. The zero-order valence-corrected chi connectivity index (χ0v) is 12.4. The van der Waals surface area contributed by atoms with Crippen molar-refractivity contribution < 1.29 is 14.6 Å². The topological polar surface area (TPSA) is 46.5 Å². The molecule has 3 nitrogen and oxygen atoms in total. The van der Waals surface area contributed by atoms with Crippen LogP contribution in [0.2, 0.25) is 0 Å². The highest BCUT2D eigenvalue weighted by molar-refractivity contribution is 5.81. The molecule has 19 heavy (non-hydrogen) atoms. The van der Waals surface area contributed by atoms with Crippen molar-refractivity contribution in [3.8, 4) is 0 Å². The third-order valence-corrected chi connectivity index (χ3v) is 3.31. The third kappa shape index (κ3) is 13.4. The maximum atomic E-state index is 10.8. The number of rotatable bonds is 13. The highest BCUT2D eigenvalue weighted by Crippen LogP contribution is 2.11. The van der Waals surface area contributed by atoms with Crippen LogP contribution in [-0.2, 0) is 9.53 Å². The molecule has 112 valence electrons. The third-order valence-electron chi connectivity index (χ3n) is 3.31. The minimum Gasteiger partial charge on any atom is -0.463 e. The maximum Gasteiger partial charge on any atom is 0.330 e. The molecular weight excluding hydrogens is 240 g/mol. The SMILES string of the molecule is C=CC(=O)OCCCCCCCCCCC(O)CC. The molecule has 0 spiro atoms. The summed E-state index contributed by atoms with van der Waals surface area (Å²) in [5.74, 6) is -0.325. The van der Waals surface area contributed by atoms with Crippen LogP contribution in [0.4, 0.5) is 0 Å². The van der Waals surface area contributed by atoms with Gasteiger partial charge in [-0.1, -0.05) is 58.4 Å². The second kappa shape index (κ2) is 13.6. The Bertz CT molecular complexity index is 226. The average molecular weight is 270 g/mol. The van der Waals surface area contributed by atoms with E-state index in [1.807, 2.05) is 6.92 Å². The van der Waals surface area contributed by atoms with Crippen LogP contribution < -0.4 is 0 Å². The van der Waals surface area contributed by atoms with Gasteiger partial charge in [0.05, 0.1) is 12.7 Å². The molecule has 0 aromatic carbocycles. The van der Waals surface area contributed by atoms with E-state index in [2.05, 4.69) is 6.58 Å². The molecule has 1 N–H and O–H groups in total. The lowest BCUT2D eigenvalue weighted by Crippen LogP contribution is -2.03. The van der Waals surface area contributed by atoms with Gasteiger partial charge in [0.15, 0.2) is 0 Å². The molecule has 0 fully saturated rings. The van der Waals surface area contributed by atoms with Crippen LogP contribution in [0.1, 0.15) is 71.1 Å². The molecule has 0 saturated heterocycles. The minimum atomic E-state index is -0.325. The number of hydrogen-bond donors (Lipinski definition) is 1. The van der Waals surface area contributed by atoms with Gasteiger partial charge in [-0.15, -0.1) is 0 Å². The Morgan fingerprint density at radius 2 is 1.63 bits per heavy atom. The molecule has 0 rings (SSSR count). The Labute approximate surface area is 118 Å². The lowest BCUT2D eigenvalue weighted by Gasteiger charge is -2.06. The molecule has 0 heterocycles. The summed E-state index contributed by atoms with van der Waals surface area (Å²) in [5, 5.41) is 9.40. The number of carbonyl (C=O) groups is 1. The molecule has 0 amide bonds. The highest BCUT2D eigenvalue weighted by atomic mass is 16.5. The zero-order chi connectivity index (χ0) is 14.3. The number of carbonyl (C=O) groups excluding carboxylic acids is 1. The van der Waals surface area contributed by atoms with Crippen molar-refractivity contribution >= 4 is 5.97 Å². The van der Waals surface area contributed by atoms with Crippen LogP contribution in [0.3, 0.4) is 0 Å². The van der Waals surface area contributed by atoms with Crippen LogP contribution in [0, 0.1) is 0 Å². The molecule has 0 aliphatic heterocycles. The molecular formula is C16H30O3. The van der Waals surface area contributed by atoms with Crippen LogP contribution in [0.15, 0.2) is 12.7 Å². The number of aliphatic hydroxyl groups excluding tert-OH is 1. The minimum absolute atomic E-state index is 0.0988. The van der Waals surface area contributed by atoms with Crippen molar-refractivity contribution in [3.63, 3.8) is 0 Å². The van der Waals surface area contributed by atoms with Crippen molar-refractivity contribution in [2.24, 2.45) is 0 Å². The van der Waals surface area contributed by atoms with Crippen molar-refractivity contribution in [2.45, 2.75) is 77.2 Å². The van der Waals surface area contributed by atoms with E-state index < -0.39 is 0 Å². The Morgan fingerprint density at radius 3 is 2.16 bits per heavy atom. The van der Waals surface area contributed by atoms with E-state index in [1.165, 1.54) is 38.2 Å². The average Bonchev–Trinajstić information content (AvgIpc) is 2.43. The fourth-order valence-electron chi connectivity index (χ4n) is 1.98. The van der Waals surface area contributed by atoms with E-state index in [1.54, 1.807) is 0 Å². The normalized spacial score (nSPS) is 12.1. The zero-order valence-electron chi connectivity index (χ0n) is 12.4. The molecule has 0 aliphatic carbocycles. The van der Waals surface area contributed by atoms with Gasteiger partial charge < -0.3 is 9.84 Å². The summed E-state index contributed by atoms with van der Waals surface area (Å²) >= 11 is 0. The predicted octanol–water partition coefficient (Wildman–Crippen LogP) is 4.00. The molecule has 0 aromatic rings. The van der Waals surface area contributed by atoms with Gasteiger partial charge in [0.1, 0.15) is 0 Å². The smallest absolute Gasteiger partial charge is 0.330 e. The van der Waals surface area contributed by atoms with Gasteiger partial charge >= 0.3 is 5.97 Å². The van der Waals surface area contributed by atoms with Crippen molar-refractivity contribution in [3.05, 3.63) is 12.7 Å². The number of unbranched alkanes of at least 4 members (excludes halogenated alkanes) is 7.